The summed E-state index contributed by atoms with van der Waals surface area (Å²) in [6, 6.07) is 12.0. The molecule has 6 heteroatoms. The fourth-order valence-electron chi connectivity index (χ4n) is 2.99. The second-order valence-electron chi connectivity index (χ2n) is 6.67. The van der Waals surface area contributed by atoms with E-state index >= 15 is 0 Å². The summed E-state index contributed by atoms with van der Waals surface area (Å²) >= 11 is 5.86. The fraction of sp³-hybridized carbons (Fsp3) is 0.286. The predicted octanol–water partition coefficient (Wildman–Crippen LogP) is 3.56. The van der Waals surface area contributed by atoms with Gasteiger partial charge in [-0.2, -0.15) is 0 Å². The molecule has 0 aliphatic carbocycles. The van der Waals surface area contributed by atoms with Crippen LogP contribution < -0.4 is 10.2 Å². The van der Waals surface area contributed by atoms with Crippen molar-refractivity contribution in [1.29, 1.82) is 0 Å². The molecule has 0 radical (unpaired) electrons. The summed E-state index contributed by atoms with van der Waals surface area (Å²) in [7, 11) is 2.08. The zero-order chi connectivity index (χ0) is 19.2. The minimum Gasteiger partial charge on any atom is -0.368 e. The summed E-state index contributed by atoms with van der Waals surface area (Å²) in [5.74, 6) is -0.466. The number of nitrogens with one attached hydrogen (secondary N) is 1. The second-order valence-corrected chi connectivity index (χ2v) is 7.11. The maximum atomic E-state index is 13.8. The lowest BCUT2D eigenvalue weighted by Gasteiger charge is -2.34. The average Bonchev–Trinajstić information content (AvgIpc) is 2.67. The van der Waals surface area contributed by atoms with Crippen molar-refractivity contribution in [3.8, 4) is 0 Å². The van der Waals surface area contributed by atoms with E-state index in [2.05, 4.69) is 22.2 Å². The number of carbonyl (C=O) groups is 1. The monoisotopic (exact) mass is 387 g/mol. The number of benzene rings is 2. The molecule has 1 amide bonds. The molecular formula is C21H23ClFN3O. The van der Waals surface area contributed by atoms with Crippen molar-refractivity contribution in [3.63, 3.8) is 0 Å². The van der Waals surface area contributed by atoms with Crippen molar-refractivity contribution in [2.45, 2.75) is 6.54 Å². The Labute approximate surface area is 164 Å². The van der Waals surface area contributed by atoms with Crippen LogP contribution in [0.25, 0.3) is 6.08 Å². The van der Waals surface area contributed by atoms with Crippen molar-refractivity contribution in [2.24, 2.45) is 0 Å². The molecule has 1 fully saturated rings. The molecule has 0 aromatic heterocycles. The standard InChI is InChI=1S/C21H23ClFN3O/c1-25-10-12-26(13-11-25)20-14-19(23)8-4-17(20)5-9-21(27)24-15-16-2-6-18(22)7-3-16/h2-9,14H,10-13,15H2,1H3,(H,24,27). The van der Waals surface area contributed by atoms with Gasteiger partial charge in [-0.1, -0.05) is 23.7 Å². The largest absolute Gasteiger partial charge is 0.368 e. The Balaban J connectivity index is 1.65. The van der Waals surface area contributed by atoms with Gasteiger partial charge in [0.15, 0.2) is 0 Å². The summed E-state index contributed by atoms with van der Waals surface area (Å²) in [6.07, 6.45) is 3.23. The van der Waals surface area contributed by atoms with Gasteiger partial charge < -0.3 is 15.1 Å². The lowest BCUT2D eigenvalue weighted by molar-refractivity contribution is -0.116. The zero-order valence-corrected chi connectivity index (χ0v) is 16.0. The van der Waals surface area contributed by atoms with E-state index in [0.717, 1.165) is 43.0 Å². The topological polar surface area (TPSA) is 35.6 Å². The van der Waals surface area contributed by atoms with Gasteiger partial charge in [0, 0.05) is 49.5 Å². The molecule has 1 aliphatic heterocycles. The summed E-state index contributed by atoms with van der Waals surface area (Å²) in [5, 5.41) is 3.51. The van der Waals surface area contributed by atoms with Crippen LogP contribution in [0.15, 0.2) is 48.5 Å². The number of piperazine rings is 1. The quantitative estimate of drug-likeness (QED) is 0.797. The highest BCUT2D eigenvalue weighted by Gasteiger charge is 2.17. The van der Waals surface area contributed by atoms with E-state index < -0.39 is 0 Å². The Bertz CT molecular complexity index is 815. The number of nitrogens with zero attached hydrogens (tertiary/aromatic N) is 2. The van der Waals surface area contributed by atoms with Gasteiger partial charge in [-0.25, -0.2) is 4.39 Å². The molecule has 1 N–H and O–H groups in total. The van der Waals surface area contributed by atoms with Crippen LogP contribution in [-0.2, 0) is 11.3 Å². The summed E-state index contributed by atoms with van der Waals surface area (Å²) < 4.78 is 13.8. The van der Waals surface area contributed by atoms with Crippen molar-refractivity contribution >= 4 is 29.3 Å². The van der Waals surface area contributed by atoms with Crippen molar-refractivity contribution < 1.29 is 9.18 Å². The number of hydrogen-bond acceptors (Lipinski definition) is 3. The third-order valence-electron chi connectivity index (χ3n) is 4.63. The molecule has 0 atom stereocenters. The van der Waals surface area contributed by atoms with Gasteiger partial charge in [0.05, 0.1) is 0 Å². The van der Waals surface area contributed by atoms with Crippen LogP contribution in [-0.4, -0.2) is 44.0 Å². The molecule has 1 saturated heterocycles. The third kappa shape index (κ3) is 5.55. The van der Waals surface area contributed by atoms with E-state index in [-0.39, 0.29) is 11.7 Å². The summed E-state index contributed by atoms with van der Waals surface area (Å²) in [5.41, 5.74) is 2.63. The lowest BCUT2D eigenvalue weighted by atomic mass is 10.1. The van der Waals surface area contributed by atoms with Crippen LogP contribution in [0, 0.1) is 5.82 Å². The van der Waals surface area contributed by atoms with Crippen LogP contribution in [0.5, 0.6) is 0 Å². The van der Waals surface area contributed by atoms with Crippen LogP contribution in [0.1, 0.15) is 11.1 Å². The van der Waals surface area contributed by atoms with Crippen LogP contribution in [0.2, 0.25) is 5.02 Å². The first-order valence-corrected chi connectivity index (χ1v) is 9.32. The van der Waals surface area contributed by atoms with Gasteiger partial charge in [-0.15, -0.1) is 0 Å². The molecule has 0 saturated carbocycles. The minimum absolute atomic E-state index is 0.196. The number of hydrogen-bond donors (Lipinski definition) is 1. The average molecular weight is 388 g/mol. The lowest BCUT2D eigenvalue weighted by Crippen LogP contribution is -2.44. The zero-order valence-electron chi connectivity index (χ0n) is 15.3. The Hall–Kier alpha value is -2.37. The molecular weight excluding hydrogens is 365 g/mol. The first-order chi connectivity index (χ1) is 13.0. The van der Waals surface area contributed by atoms with Crippen LogP contribution in [0.3, 0.4) is 0 Å². The fourth-order valence-corrected chi connectivity index (χ4v) is 3.12. The number of halogens is 2. The smallest absolute Gasteiger partial charge is 0.244 e. The number of rotatable bonds is 5. The molecule has 3 rings (SSSR count). The van der Waals surface area contributed by atoms with E-state index in [0.29, 0.717) is 11.6 Å². The summed E-state index contributed by atoms with van der Waals surface area (Å²) in [4.78, 5) is 16.5. The molecule has 2 aromatic rings. The van der Waals surface area contributed by atoms with E-state index in [1.165, 1.54) is 18.2 Å². The van der Waals surface area contributed by atoms with Crippen LogP contribution >= 0.6 is 11.6 Å². The van der Waals surface area contributed by atoms with Gasteiger partial charge in [0.1, 0.15) is 5.82 Å². The highest BCUT2D eigenvalue weighted by molar-refractivity contribution is 6.30. The van der Waals surface area contributed by atoms with E-state index in [4.69, 9.17) is 11.6 Å². The maximum absolute atomic E-state index is 13.8. The van der Waals surface area contributed by atoms with E-state index in [1.54, 1.807) is 24.3 Å². The number of likely N-dealkylation sites (N-methyl/N-ethyl adjacent to an activating group) is 1. The first-order valence-electron chi connectivity index (χ1n) is 8.95. The Morgan fingerprint density at radius 2 is 1.85 bits per heavy atom. The Kier molecular flexibility index (Phi) is 6.48. The van der Waals surface area contributed by atoms with Gasteiger partial charge in [-0.05, 0) is 54.6 Å². The van der Waals surface area contributed by atoms with Gasteiger partial charge in [0.25, 0.3) is 0 Å². The molecule has 27 heavy (non-hydrogen) atoms. The van der Waals surface area contributed by atoms with E-state index in [1.807, 2.05) is 12.1 Å². The molecule has 0 bridgehead atoms. The van der Waals surface area contributed by atoms with Gasteiger partial charge in [-0.3, -0.25) is 4.79 Å². The molecule has 4 nitrogen and oxygen atoms in total. The normalized spacial score (nSPS) is 15.3. The molecule has 2 aromatic carbocycles. The Morgan fingerprint density at radius 3 is 2.56 bits per heavy atom. The second kappa shape index (κ2) is 9.02. The van der Waals surface area contributed by atoms with Crippen LogP contribution in [0.4, 0.5) is 10.1 Å². The number of carbonyl (C=O) groups excluding carboxylic acids is 1. The van der Waals surface area contributed by atoms with Gasteiger partial charge >= 0.3 is 0 Å². The number of anilines is 1. The van der Waals surface area contributed by atoms with Crippen molar-refractivity contribution in [2.75, 3.05) is 38.1 Å². The highest BCUT2D eigenvalue weighted by Crippen LogP contribution is 2.24. The minimum atomic E-state index is -0.270. The molecule has 0 unspecified atom stereocenters. The molecule has 142 valence electrons. The number of amides is 1. The maximum Gasteiger partial charge on any atom is 0.244 e. The predicted molar refractivity (Wildman–Crippen MR) is 108 cm³/mol. The molecule has 1 heterocycles. The molecule has 0 spiro atoms. The Morgan fingerprint density at radius 1 is 1.15 bits per heavy atom. The highest BCUT2D eigenvalue weighted by atomic mass is 35.5. The van der Waals surface area contributed by atoms with E-state index in [9.17, 15) is 9.18 Å². The summed E-state index contributed by atoms with van der Waals surface area (Å²) in [6.45, 7) is 3.96. The van der Waals surface area contributed by atoms with Gasteiger partial charge in [0.2, 0.25) is 5.91 Å². The van der Waals surface area contributed by atoms with Crippen molar-refractivity contribution in [3.05, 3.63) is 70.5 Å². The SMILES string of the molecule is CN1CCN(c2cc(F)ccc2C=CC(=O)NCc2ccc(Cl)cc2)CC1. The van der Waals surface area contributed by atoms with Crippen molar-refractivity contribution in [1.82, 2.24) is 10.2 Å². The molecule has 1 aliphatic rings. The first kappa shape index (κ1) is 19.4. The third-order valence-corrected chi connectivity index (χ3v) is 4.88.